The SMILES string of the molecule is CCOC(=O)Cn1cc(N(CCOCCOCCOCCOCCN)C(=O)OC(C)(C)C)ccc1=O. The van der Waals surface area contributed by atoms with Gasteiger partial charge in [-0.2, -0.15) is 0 Å². The van der Waals surface area contributed by atoms with E-state index in [0.717, 1.165) is 0 Å². The van der Waals surface area contributed by atoms with E-state index in [1.807, 2.05) is 0 Å². The van der Waals surface area contributed by atoms with Crippen LogP contribution in [-0.2, 0) is 39.8 Å². The van der Waals surface area contributed by atoms with E-state index in [1.165, 1.54) is 27.8 Å². The normalized spacial score (nSPS) is 11.4. The Morgan fingerprint density at radius 1 is 0.917 bits per heavy atom. The van der Waals surface area contributed by atoms with Crippen molar-refractivity contribution in [2.24, 2.45) is 5.73 Å². The fourth-order valence-electron chi connectivity index (χ4n) is 2.79. The molecule has 0 fully saturated rings. The van der Waals surface area contributed by atoms with E-state index in [2.05, 4.69) is 0 Å². The summed E-state index contributed by atoms with van der Waals surface area (Å²) in [7, 11) is 0. The molecule has 1 aromatic heterocycles. The van der Waals surface area contributed by atoms with Crippen LogP contribution in [0, 0.1) is 0 Å². The molecule has 36 heavy (non-hydrogen) atoms. The zero-order chi connectivity index (χ0) is 26.8. The molecule has 0 atom stereocenters. The number of aromatic nitrogens is 1. The summed E-state index contributed by atoms with van der Waals surface area (Å²) in [5, 5.41) is 0. The van der Waals surface area contributed by atoms with Crippen molar-refractivity contribution in [1.82, 2.24) is 4.57 Å². The molecule has 12 heteroatoms. The van der Waals surface area contributed by atoms with E-state index in [-0.39, 0.29) is 26.3 Å². The third-order valence-corrected chi connectivity index (χ3v) is 4.34. The number of ether oxygens (including phenoxy) is 6. The molecule has 0 unspecified atom stereocenters. The molecule has 0 saturated carbocycles. The molecular weight excluding hydrogens is 474 g/mol. The van der Waals surface area contributed by atoms with Crippen molar-refractivity contribution < 1.29 is 38.0 Å². The first-order valence-corrected chi connectivity index (χ1v) is 12.1. The average Bonchev–Trinajstić information content (AvgIpc) is 2.80. The molecule has 2 N–H and O–H groups in total. The van der Waals surface area contributed by atoms with Crippen LogP contribution in [-0.4, -0.2) is 94.8 Å². The first-order valence-electron chi connectivity index (χ1n) is 12.1. The van der Waals surface area contributed by atoms with Gasteiger partial charge in [0.25, 0.3) is 5.56 Å². The van der Waals surface area contributed by atoms with E-state index >= 15 is 0 Å². The molecule has 206 valence electrons. The summed E-state index contributed by atoms with van der Waals surface area (Å²) < 4.78 is 33.2. The van der Waals surface area contributed by atoms with Gasteiger partial charge in [-0.05, 0) is 33.8 Å². The minimum absolute atomic E-state index is 0.165. The summed E-state index contributed by atoms with van der Waals surface area (Å²) in [5.41, 5.74) is 4.61. The number of nitrogens with two attached hydrogens (primary N) is 1. The second-order valence-electron chi connectivity index (χ2n) is 8.53. The third kappa shape index (κ3) is 14.1. The lowest BCUT2D eigenvalue weighted by Gasteiger charge is -2.27. The van der Waals surface area contributed by atoms with Crippen molar-refractivity contribution in [3.05, 3.63) is 28.7 Å². The Kier molecular flexibility index (Phi) is 15.6. The number of rotatable bonds is 18. The van der Waals surface area contributed by atoms with Gasteiger partial charge in [-0.1, -0.05) is 0 Å². The lowest BCUT2D eigenvalue weighted by molar-refractivity contribution is -0.143. The van der Waals surface area contributed by atoms with E-state index in [9.17, 15) is 14.4 Å². The first-order chi connectivity index (χ1) is 17.2. The zero-order valence-corrected chi connectivity index (χ0v) is 21.9. The van der Waals surface area contributed by atoms with Gasteiger partial charge in [-0.25, -0.2) is 4.79 Å². The summed E-state index contributed by atoms with van der Waals surface area (Å²) in [6, 6.07) is 2.78. The molecule has 0 aromatic carbocycles. The lowest BCUT2D eigenvalue weighted by Crippen LogP contribution is -2.39. The molecule has 1 aromatic rings. The van der Waals surface area contributed by atoms with E-state index in [4.69, 9.17) is 34.2 Å². The standard InChI is InChI=1S/C24H41N3O9/c1-5-35-22(29)19-26-18-20(6-7-21(26)28)27(23(30)36-24(2,3)4)9-11-32-13-15-34-17-16-33-14-12-31-10-8-25/h6-7,18H,5,8-17,19,25H2,1-4H3. The number of esters is 1. The van der Waals surface area contributed by atoms with Gasteiger partial charge in [0.05, 0.1) is 71.7 Å². The number of pyridine rings is 1. The number of hydrogen-bond donors (Lipinski definition) is 1. The number of anilines is 1. The maximum atomic E-state index is 12.8. The zero-order valence-electron chi connectivity index (χ0n) is 21.9. The van der Waals surface area contributed by atoms with Gasteiger partial charge in [0.1, 0.15) is 12.1 Å². The number of carbonyl (C=O) groups is 2. The van der Waals surface area contributed by atoms with Crippen LogP contribution in [0.25, 0.3) is 0 Å². The van der Waals surface area contributed by atoms with Gasteiger partial charge in [0, 0.05) is 18.8 Å². The summed E-state index contributed by atoms with van der Waals surface area (Å²) in [5.74, 6) is -0.547. The van der Waals surface area contributed by atoms with Crippen molar-refractivity contribution in [2.45, 2.75) is 39.8 Å². The largest absolute Gasteiger partial charge is 0.465 e. The molecule has 1 rings (SSSR count). The van der Waals surface area contributed by atoms with Crippen LogP contribution in [0.5, 0.6) is 0 Å². The number of carbonyl (C=O) groups excluding carboxylic acids is 2. The molecule has 0 bridgehead atoms. The average molecular weight is 516 g/mol. The highest BCUT2D eigenvalue weighted by Gasteiger charge is 2.24. The molecule has 0 spiro atoms. The molecule has 1 heterocycles. The summed E-state index contributed by atoms with van der Waals surface area (Å²) in [6.45, 7) is 10.8. The minimum Gasteiger partial charge on any atom is -0.465 e. The number of hydrogen-bond acceptors (Lipinski definition) is 10. The highest BCUT2D eigenvalue weighted by Crippen LogP contribution is 2.17. The number of nitrogens with zero attached hydrogens (tertiary/aromatic N) is 2. The third-order valence-electron chi connectivity index (χ3n) is 4.34. The Hall–Kier alpha value is -2.51. The van der Waals surface area contributed by atoms with Crippen LogP contribution in [0.15, 0.2) is 23.1 Å². The van der Waals surface area contributed by atoms with E-state index in [0.29, 0.717) is 58.5 Å². The highest BCUT2D eigenvalue weighted by atomic mass is 16.6. The molecule has 12 nitrogen and oxygen atoms in total. The molecule has 1 amide bonds. The Morgan fingerprint density at radius 2 is 1.47 bits per heavy atom. The van der Waals surface area contributed by atoms with Gasteiger partial charge in [-0.3, -0.25) is 14.5 Å². The Morgan fingerprint density at radius 3 is 2.00 bits per heavy atom. The lowest BCUT2D eigenvalue weighted by atomic mass is 10.2. The molecule has 0 aliphatic rings. The van der Waals surface area contributed by atoms with E-state index in [1.54, 1.807) is 27.7 Å². The maximum absolute atomic E-state index is 12.8. The Labute approximate surface area is 212 Å². The molecule has 0 saturated heterocycles. The predicted molar refractivity (Wildman–Crippen MR) is 133 cm³/mol. The summed E-state index contributed by atoms with van der Waals surface area (Å²) >= 11 is 0. The highest BCUT2D eigenvalue weighted by molar-refractivity contribution is 5.87. The van der Waals surface area contributed by atoms with Crippen molar-refractivity contribution >= 4 is 17.7 Å². The second-order valence-corrected chi connectivity index (χ2v) is 8.53. The van der Waals surface area contributed by atoms with Gasteiger partial charge in [0.15, 0.2) is 0 Å². The van der Waals surface area contributed by atoms with Crippen LogP contribution in [0.2, 0.25) is 0 Å². The first kappa shape index (κ1) is 31.5. The fourth-order valence-corrected chi connectivity index (χ4v) is 2.79. The molecule has 0 radical (unpaired) electrons. The van der Waals surface area contributed by atoms with Crippen LogP contribution < -0.4 is 16.2 Å². The van der Waals surface area contributed by atoms with Crippen molar-refractivity contribution in [3.63, 3.8) is 0 Å². The van der Waals surface area contributed by atoms with Crippen LogP contribution in [0.4, 0.5) is 10.5 Å². The second kappa shape index (κ2) is 17.8. The van der Waals surface area contributed by atoms with E-state index < -0.39 is 23.2 Å². The van der Waals surface area contributed by atoms with Crippen molar-refractivity contribution in [3.8, 4) is 0 Å². The van der Waals surface area contributed by atoms with Crippen molar-refractivity contribution in [1.29, 1.82) is 0 Å². The monoisotopic (exact) mass is 515 g/mol. The summed E-state index contributed by atoms with van der Waals surface area (Å²) in [4.78, 5) is 38.2. The van der Waals surface area contributed by atoms with Crippen LogP contribution in [0.3, 0.4) is 0 Å². The van der Waals surface area contributed by atoms with Gasteiger partial charge >= 0.3 is 12.1 Å². The van der Waals surface area contributed by atoms with Crippen LogP contribution in [0.1, 0.15) is 27.7 Å². The maximum Gasteiger partial charge on any atom is 0.414 e. The van der Waals surface area contributed by atoms with Gasteiger partial charge < -0.3 is 38.7 Å². The van der Waals surface area contributed by atoms with Crippen molar-refractivity contribution in [2.75, 3.05) is 77.5 Å². The molecule has 0 aliphatic carbocycles. The van der Waals surface area contributed by atoms with Gasteiger partial charge in [-0.15, -0.1) is 0 Å². The Balaban J connectivity index is 2.56. The Bertz CT molecular complexity index is 824. The number of amides is 1. The molecular formula is C24H41N3O9. The van der Waals surface area contributed by atoms with Gasteiger partial charge in [0.2, 0.25) is 0 Å². The topological polar surface area (TPSA) is 141 Å². The summed E-state index contributed by atoms with van der Waals surface area (Å²) in [6.07, 6.45) is 0.823. The quantitative estimate of drug-likeness (QED) is 0.224. The molecule has 0 aliphatic heterocycles. The smallest absolute Gasteiger partial charge is 0.414 e. The van der Waals surface area contributed by atoms with Crippen LogP contribution >= 0.6 is 0 Å². The predicted octanol–water partition coefficient (Wildman–Crippen LogP) is 1.18. The minimum atomic E-state index is -0.720. The fraction of sp³-hybridized carbons (Fsp3) is 0.708.